The molecule has 0 rings (SSSR count). The summed E-state index contributed by atoms with van der Waals surface area (Å²) in [5, 5.41) is 10.7. The van der Waals surface area contributed by atoms with Crippen molar-refractivity contribution in [2.45, 2.75) is 465 Å². The average Bonchev–Trinajstić information content (AvgIpc) is 0.903. The van der Waals surface area contributed by atoms with Crippen LogP contribution in [0.3, 0.4) is 0 Å². The van der Waals surface area contributed by atoms with Gasteiger partial charge in [0.15, 0.2) is 12.2 Å². The van der Waals surface area contributed by atoms with Crippen molar-refractivity contribution in [2.24, 2.45) is 17.8 Å². The fraction of sp³-hybridized carbons (Fsp3) is 0.953. The molecule has 0 radical (unpaired) electrons. The Kier molecular flexibility index (Phi) is 73.7. The number of aliphatic hydroxyl groups is 1. The van der Waals surface area contributed by atoms with Gasteiger partial charge in [-0.25, -0.2) is 9.13 Å². The van der Waals surface area contributed by atoms with Crippen molar-refractivity contribution in [1.29, 1.82) is 0 Å². The molecule has 0 saturated carbocycles. The van der Waals surface area contributed by atoms with E-state index in [2.05, 4.69) is 48.5 Å². The molecule has 19 heteroatoms. The Balaban J connectivity index is 5.21. The second kappa shape index (κ2) is 75.1. The quantitative estimate of drug-likeness (QED) is 0.0222. The van der Waals surface area contributed by atoms with Crippen molar-refractivity contribution in [3.63, 3.8) is 0 Å². The third-order valence-corrected chi connectivity index (χ3v) is 21.8. The number of esters is 4. The maximum absolute atomic E-state index is 13.1. The molecule has 0 spiro atoms. The van der Waals surface area contributed by atoms with Gasteiger partial charge in [0.25, 0.3) is 0 Å². The standard InChI is InChI=1S/C85H166O17P2/c1-8-9-10-11-12-13-14-15-16-17-18-19-20-21-24-30-35-40-45-54-61-68-84(89)101-80(72-95-82(87)66-59-52-44-39-34-29-25-22-23-27-32-37-42-49-56-63-76(2)3)74-99-103(91,92)97-70-79(86)71-98-104(93,94)100-75-81(73-96-83(88)67-60-53-48-47-51-58-65-78(6)7)102-85(90)69-62-55-46-41-36-31-26-28-33-38-43-50-57-64-77(4)5/h76-81,86H,8-75H2,1-7H3,(H,91,92)(H,93,94)/t79-,80-,81-/m1/s1. The van der Waals surface area contributed by atoms with Crippen molar-refractivity contribution in [2.75, 3.05) is 39.6 Å². The number of phosphoric ester groups is 2. The lowest BCUT2D eigenvalue weighted by Crippen LogP contribution is -2.30. The summed E-state index contributed by atoms with van der Waals surface area (Å²) in [6.45, 7) is 11.9. The van der Waals surface area contributed by atoms with Crippen LogP contribution in [0, 0.1) is 17.8 Å². The zero-order chi connectivity index (χ0) is 76.5. The number of hydrogen-bond donors (Lipinski definition) is 3. The first-order chi connectivity index (χ1) is 50.2. The second-order valence-electron chi connectivity index (χ2n) is 32.0. The van der Waals surface area contributed by atoms with Crippen molar-refractivity contribution in [3.05, 3.63) is 0 Å². The molecule has 0 aliphatic heterocycles. The molecule has 618 valence electrons. The van der Waals surface area contributed by atoms with Crippen LogP contribution in [0.25, 0.3) is 0 Å². The molecule has 0 aliphatic carbocycles. The molecule has 0 bridgehead atoms. The maximum Gasteiger partial charge on any atom is 0.472 e. The van der Waals surface area contributed by atoms with Crippen LogP contribution in [0.15, 0.2) is 0 Å². The summed E-state index contributed by atoms with van der Waals surface area (Å²) in [5.74, 6) is 0.163. The lowest BCUT2D eigenvalue weighted by Gasteiger charge is -2.21. The van der Waals surface area contributed by atoms with Crippen LogP contribution in [-0.2, 0) is 65.4 Å². The molecule has 0 aliphatic rings. The van der Waals surface area contributed by atoms with Gasteiger partial charge in [-0.2, -0.15) is 0 Å². The van der Waals surface area contributed by atoms with Gasteiger partial charge in [-0.3, -0.25) is 37.3 Å². The number of phosphoric acid groups is 2. The highest BCUT2D eigenvalue weighted by molar-refractivity contribution is 7.47. The molecule has 0 aromatic carbocycles. The minimum Gasteiger partial charge on any atom is -0.462 e. The van der Waals surface area contributed by atoms with Crippen LogP contribution in [-0.4, -0.2) is 96.7 Å². The van der Waals surface area contributed by atoms with Gasteiger partial charge in [0, 0.05) is 25.7 Å². The van der Waals surface area contributed by atoms with E-state index < -0.39 is 97.5 Å². The molecule has 0 aromatic rings. The zero-order valence-electron chi connectivity index (χ0n) is 68.5. The zero-order valence-corrected chi connectivity index (χ0v) is 70.3. The van der Waals surface area contributed by atoms with Crippen molar-refractivity contribution in [3.8, 4) is 0 Å². The third kappa shape index (κ3) is 78.2. The topological polar surface area (TPSA) is 237 Å². The molecule has 104 heavy (non-hydrogen) atoms. The van der Waals surface area contributed by atoms with Gasteiger partial charge < -0.3 is 33.8 Å². The van der Waals surface area contributed by atoms with Crippen LogP contribution in [0.5, 0.6) is 0 Å². The molecule has 0 heterocycles. The number of hydrogen-bond acceptors (Lipinski definition) is 15. The van der Waals surface area contributed by atoms with E-state index in [0.29, 0.717) is 31.6 Å². The Morgan fingerprint density at radius 3 is 0.654 bits per heavy atom. The number of unbranched alkanes of at least 4 members (excludes halogenated alkanes) is 51. The van der Waals surface area contributed by atoms with Crippen LogP contribution in [0.4, 0.5) is 0 Å². The van der Waals surface area contributed by atoms with Crippen LogP contribution < -0.4 is 0 Å². The minimum absolute atomic E-state index is 0.106. The SMILES string of the molecule is CCCCCCCCCCCCCCCCCCCCCCCC(=O)O[C@H](COC(=O)CCCCCCCCCCCCCCCCCC(C)C)COP(=O)(O)OC[C@@H](O)COP(=O)(O)OC[C@@H](COC(=O)CCCCCCCCC(C)C)OC(=O)CCCCCCCCCCCCCCCC(C)C. The Bertz CT molecular complexity index is 2010. The van der Waals surface area contributed by atoms with E-state index in [0.717, 1.165) is 108 Å². The van der Waals surface area contributed by atoms with Crippen molar-refractivity contribution < 1.29 is 80.2 Å². The maximum atomic E-state index is 13.1. The van der Waals surface area contributed by atoms with Crippen molar-refractivity contribution in [1.82, 2.24) is 0 Å². The molecule has 5 atom stereocenters. The number of carbonyl (C=O) groups excluding carboxylic acids is 4. The van der Waals surface area contributed by atoms with Gasteiger partial charge in [-0.05, 0) is 43.4 Å². The van der Waals surface area contributed by atoms with Gasteiger partial charge >= 0.3 is 39.5 Å². The summed E-state index contributed by atoms with van der Waals surface area (Å²) in [5.41, 5.74) is 0. The summed E-state index contributed by atoms with van der Waals surface area (Å²) >= 11 is 0. The first-order valence-corrected chi connectivity index (χ1v) is 46.8. The summed E-state index contributed by atoms with van der Waals surface area (Å²) < 4.78 is 68.8. The molecule has 17 nitrogen and oxygen atoms in total. The molecule has 3 N–H and O–H groups in total. The number of aliphatic hydroxyl groups excluding tert-OH is 1. The lowest BCUT2D eigenvalue weighted by atomic mass is 10.0. The minimum atomic E-state index is -4.97. The normalized spacial score (nSPS) is 13.9. The summed E-state index contributed by atoms with van der Waals surface area (Å²) in [4.78, 5) is 73.1. The highest BCUT2D eigenvalue weighted by Crippen LogP contribution is 2.45. The van der Waals surface area contributed by atoms with Crippen molar-refractivity contribution >= 4 is 39.5 Å². The van der Waals surface area contributed by atoms with Crippen LogP contribution in [0.2, 0.25) is 0 Å². The predicted molar refractivity (Wildman–Crippen MR) is 428 cm³/mol. The largest absolute Gasteiger partial charge is 0.472 e. The van der Waals surface area contributed by atoms with E-state index in [1.807, 2.05) is 0 Å². The molecule has 0 amide bonds. The average molecular weight is 1520 g/mol. The number of ether oxygens (including phenoxy) is 4. The highest BCUT2D eigenvalue weighted by atomic mass is 31.2. The third-order valence-electron chi connectivity index (χ3n) is 19.9. The van der Waals surface area contributed by atoms with E-state index in [4.69, 9.17) is 37.0 Å². The lowest BCUT2D eigenvalue weighted by molar-refractivity contribution is -0.161. The summed E-state index contributed by atoms with van der Waals surface area (Å²) in [6, 6.07) is 0. The van der Waals surface area contributed by atoms with Gasteiger partial charge in [0.2, 0.25) is 0 Å². The fourth-order valence-corrected chi connectivity index (χ4v) is 14.8. The van der Waals surface area contributed by atoms with E-state index in [9.17, 15) is 43.2 Å². The Morgan fingerprint density at radius 2 is 0.442 bits per heavy atom. The fourth-order valence-electron chi connectivity index (χ4n) is 13.2. The summed E-state index contributed by atoms with van der Waals surface area (Å²) in [6.07, 6.45) is 65.5. The smallest absolute Gasteiger partial charge is 0.462 e. The monoisotopic (exact) mass is 1520 g/mol. The van der Waals surface area contributed by atoms with Gasteiger partial charge in [0.1, 0.15) is 19.3 Å². The number of carbonyl (C=O) groups is 4. The molecule has 0 aromatic heterocycles. The first kappa shape index (κ1) is 102. The molecule has 0 fully saturated rings. The first-order valence-electron chi connectivity index (χ1n) is 43.8. The molecular weight excluding hydrogens is 1350 g/mol. The Labute approximate surface area is 638 Å². The highest BCUT2D eigenvalue weighted by Gasteiger charge is 2.30. The predicted octanol–water partition coefficient (Wildman–Crippen LogP) is 25.7. The Morgan fingerprint density at radius 1 is 0.260 bits per heavy atom. The van der Waals surface area contributed by atoms with Crippen LogP contribution in [0.1, 0.15) is 447 Å². The van der Waals surface area contributed by atoms with E-state index in [1.165, 1.54) is 250 Å². The van der Waals surface area contributed by atoms with E-state index >= 15 is 0 Å². The van der Waals surface area contributed by atoms with Gasteiger partial charge in [-0.1, -0.05) is 395 Å². The second-order valence-corrected chi connectivity index (χ2v) is 34.9. The Hall–Kier alpha value is -1.94. The van der Waals surface area contributed by atoms with Gasteiger partial charge in [0.05, 0.1) is 26.4 Å². The van der Waals surface area contributed by atoms with E-state index in [1.54, 1.807) is 0 Å². The molecule has 0 saturated heterocycles. The molecule has 2 unspecified atom stereocenters. The van der Waals surface area contributed by atoms with E-state index in [-0.39, 0.29) is 25.7 Å². The van der Waals surface area contributed by atoms with Gasteiger partial charge in [-0.15, -0.1) is 0 Å². The molecular formula is C85H166O17P2. The number of rotatable bonds is 83. The van der Waals surface area contributed by atoms with Crippen LogP contribution >= 0.6 is 15.6 Å². The summed E-state index contributed by atoms with van der Waals surface area (Å²) in [7, 11) is -9.93.